The van der Waals surface area contributed by atoms with Crippen molar-refractivity contribution in [2.24, 2.45) is 56.2 Å². The normalized spacial score (nSPS) is 60.9. The van der Waals surface area contributed by atoms with E-state index in [9.17, 15) is 5.11 Å². The van der Waals surface area contributed by atoms with E-state index in [4.69, 9.17) is 0 Å². The quantitative estimate of drug-likeness (QED) is 0.412. The molecule has 0 radical (unpaired) electrons. The molecule has 0 bridgehead atoms. The van der Waals surface area contributed by atoms with Crippen molar-refractivity contribution < 1.29 is 5.11 Å². The summed E-state index contributed by atoms with van der Waals surface area (Å²) in [6.45, 7) is 20.9. The van der Waals surface area contributed by atoms with Crippen molar-refractivity contribution in [2.75, 3.05) is 0 Å². The van der Waals surface area contributed by atoms with E-state index in [0.717, 1.165) is 24.2 Å². The average molecular weight is 429 g/mol. The largest absolute Gasteiger partial charge is 0.393 e. The molecule has 178 valence electrons. The summed E-state index contributed by atoms with van der Waals surface area (Å²) in [6, 6.07) is 0. The number of hydrogen-bond donors (Lipinski definition) is 1. The molecular weight excluding hydrogens is 376 g/mol. The van der Waals surface area contributed by atoms with Gasteiger partial charge < -0.3 is 5.11 Å². The van der Waals surface area contributed by atoms with Crippen LogP contribution in [0, 0.1) is 56.2 Å². The van der Waals surface area contributed by atoms with Gasteiger partial charge in [-0.15, -0.1) is 0 Å². The van der Waals surface area contributed by atoms with Crippen LogP contribution in [0.3, 0.4) is 0 Å². The molecule has 0 aromatic rings. The molecule has 0 aromatic heterocycles. The van der Waals surface area contributed by atoms with Gasteiger partial charge >= 0.3 is 0 Å². The van der Waals surface area contributed by atoms with Crippen molar-refractivity contribution >= 4 is 0 Å². The number of aliphatic hydroxyl groups excluding tert-OH is 1. The fourth-order valence-corrected chi connectivity index (χ4v) is 11.4. The number of aliphatic hydroxyl groups is 1. The van der Waals surface area contributed by atoms with Crippen molar-refractivity contribution in [1.82, 2.24) is 0 Å². The van der Waals surface area contributed by atoms with Gasteiger partial charge in [0.05, 0.1) is 6.10 Å². The third kappa shape index (κ3) is 2.77. The molecule has 0 heterocycles. The van der Waals surface area contributed by atoms with Crippen LogP contribution in [0.1, 0.15) is 126 Å². The maximum atomic E-state index is 10.7. The molecule has 0 saturated heterocycles. The second kappa shape index (κ2) is 6.55. The predicted octanol–water partition coefficient (Wildman–Crippen LogP) is 8.25. The Morgan fingerprint density at radius 2 is 1.19 bits per heavy atom. The Kier molecular flexibility index (Phi) is 4.80. The highest BCUT2D eigenvalue weighted by Crippen LogP contribution is 2.78. The zero-order valence-electron chi connectivity index (χ0n) is 22.1. The lowest BCUT2D eigenvalue weighted by molar-refractivity contribution is -0.263. The minimum atomic E-state index is -0.0781. The van der Waals surface area contributed by atoms with Gasteiger partial charge in [0.25, 0.3) is 0 Å². The van der Waals surface area contributed by atoms with Gasteiger partial charge in [-0.1, -0.05) is 55.4 Å². The van der Waals surface area contributed by atoms with Crippen LogP contribution >= 0.6 is 0 Å². The monoisotopic (exact) mass is 428 g/mol. The zero-order chi connectivity index (χ0) is 22.7. The van der Waals surface area contributed by atoms with E-state index in [-0.39, 0.29) is 6.10 Å². The van der Waals surface area contributed by atoms with Crippen molar-refractivity contribution in [3.8, 4) is 0 Å². The molecule has 5 rings (SSSR count). The molecule has 5 aliphatic carbocycles. The van der Waals surface area contributed by atoms with E-state index in [2.05, 4.69) is 55.4 Å². The van der Waals surface area contributed by atoms with Gasteiger partial charge in [0.1, 0.15) is 0 Å². The van der Waals surface area contributed by atoms with Crippen LogP contribution in [0.25, 0.3) is 0 Å². The van der Waals surface area contributed by atoms with Gasteiger partial charge in [-0.2, -0.15) is 0 Å². The number of rotatable bonds is 0. The Balaban J connectivity index is 1.54. The van der Waals surface area contributed by atoms with Gasteiger partial charge in [-0.05, 0) is 127 Å². The lowest BCUT2D eigenvalue weighted by Gasteiger charge is -2.75. The van der Waals surface area contributed by atoms with Crippen molar-refractivity contribution in [3.63, 3.8) is 0 Å². The first kappa shape index (κ1) is 22.7. The molecule has 5 saturated carbocycles. The standard InChI is InChI=1S/C30H52O/c1-20-21(31)9-10-22-27(20,5)12-11-23-28(22,6)16-18-30(8)24-19-25(2,3)13-14-26(24,4)15-17-29(23,30)7/h20-24,31H,9-19H2,1-8H3/t20-,21-,22-,23+,24-,26-,27-,28-,29+,30+/m1/s1. The van der Waals surface area contributed by atoms with Crippen molar-refractivity contribution in [2.45, 2.75) is 132 Å². The molecule has 0 amide bonds. The van der Waals surface area contributed by atoms with E-state index >= 15 is 0 Å². The van der Waals surface area contributed by atoms with Crippen LogP contribution in [0.2, 0.25) is 0 Å². The number of hydrogen-bond acceptors (Lipinski definition) is 1. The number of fused-ring (bicyclic) bond motifs is 7. The SMILES string of the molecule is C[C@@H]1[C@H](O)CC[C@@H]2[C@]1(C)CC[C@H]1[C@]2(C)CC[C@@]2(C)[C@@H]3CC(C)(C)CC[C@]3(C)CC[C@@]12C. The molecule has 5 aliphatic rings. The summed E-state index contributed by atoms with van der Waals surface area (Å²) in [6.07, 6.45) is 15.1. The Morgan fingerprint density at radius 1 is 0.581 bits per heavy atom. The molecule has 1 nitrogen and oxygen atoms in total. The molecule has 0 unspecified atom stereocenters. The topological polar surface area (TPSA) is 20.2 Å². The summed E-state index contributed by atoms with van der Waals surface area (Å²) in [5.74, 6) is 3.02. The molecule has 1 heteroatoms. The minimum absolute atomic E-state index is 0.0781. The first-order chi connectivity index (χ1) is 14.2. The van der Waals surface area contributed by atoms with Crippen molar-refractivity contribution in [1.29, 1.82) is 0 Å². The summed E-state index contributed by atoms with van der Waals surface area (Å²) in [4.78, 5) is 0. The Hall–Kier alpha value is -0.0400. The predicted molar refractivity (Wildman–Crippen MR) is 131 cm³/mol. The Morgan fingerprint density at radius 3 is 1.90 bits per heavy atom. The molecular formula is C30H52O. The van der Waals surface area contributed by atoms with Crippen LogP contribution in [-0.4, -0.2) is 11.2 Å². The van der Waals surface area contributed by atoms with Crippen molar-refractivity contribution in [3.05, 3.63) is 0 Å². The molecule has 0 aromatic carbocycles. The maximum absolute atomic E-state index is 10.7. The zero-order valence-corrected chi connectivity index (χ0v) is 22.1. The van der Waals surface area contributed by atoms with E-state index in [1.807, 2.05) is 0 Å². The third-order valence-corrected chi connectivity index (χ3v) is 13.9. The Bertz CT molecular complexity index is 741. The highest BCUT2D eigenvalue weighted by molar-refractivity contribution is 5.19. The second-order valence-electron chi connectivity index (χ2n) is 15.5. The van der Waals surface area contributed by atoms with Crippen LogP contribution < -0.4 is 0 Å². The molecule has 5 fully saturated rings. The van der Waals surface area contributed by atoms with Crippen LogP contribution in [0.5, 0.6) is 0 Å². The summed E-state index contributed by atoms with van der Waals surface area (Å²) < 4.78 is 0. The maximum Gasteiger partial charge on any atom is 0.0571 e. The van der Waals surface area contributed by atoms with Crippen LogP contribution in [0.4, 0.5) is 0 Å². The third-order valence-electron chi connectivity index (χ3n) is 13.9. The van der Waals surface area contributed by atoms with E-state index in [1.54, 1.807) is 0 Å². The lowest BCUT2D eigenvalue weighted by atomic mass is 9.30. The first-order valence-electron chi connectivity index (χ1n) is 13.9. The van der Waals surface area contributed by atoms with Crippen LogP contribution in [0.15, 0.2) is 0 Å². The second-order valence-corrected chi connectivity index (χ2v) is 15.5. The first-order valence-corrected chi connectivity index (χ1v) is 13.9. The van der Waals surface area contributed by atoms with Gasteiger partial charge in [0.15, 0.2) is 0 Å². The molecule has 31 heavy (non-hydrogen) atoms. The fourth-order valence-electron chi connectivity index (χ4n) is 11.4. The van der Waals surface area contributed by atoms with E-state index in [1.165, 1.54) is 64.2 Å². The highest BCUT2D eigenvalue weighted by atomic mass is 16.3. The summed E-state index contributed by atoms with van der Waals surface area (Å²) in [7, 11) is 0. The summed E-state index contributed by atoms with van der Waals surface area (Å²) >= 11 is 0. The minimum Gasteiger partial charge on any atom is -0.393 e. The van der Waals surface area contributed by atoms with Gasteiger partial charge in [-0.3, -0.25) is 0 Å². The van der Waals surface area contributed by atoms with E-state index in [0.29, 0.717) is 38.4 Å². The Labute approximate surface area is 193 Å². The molecule has 10 atom stereocenters. The van der Waals surface area contributed by atoms with Gasteiger partial charge in [-0.25, -0.2) is 0 Å². The lowest BCUT2D eigenvalue weighted by Crippen LogP contribution is -2.67. The highest BCUT2D eigenvalue weighted by Gasteiger charge is 2.70. The molecule has 0 spiro atoms. The van der Waals surface area contributed by atoms with Crippen LogP contribution in [-0.2, 0) is 0 Å². The molecule has 1 N–H and O–H groups in total. The van der Waals surface area contributed by atoms with E-state index < -0.39 is 0 Å². The summed E-state index contributed by atoms with van der Waals surface area (Å²) in [5, 5.41) is 10.7. The average Bonchev–Trinajstić information content (AvgIpc) is 2.69. The summed E-state index contributed by atoms with van der Waals surface area (Å²) in [5.41, 5.74) is 2.88. The smallest absolute Gasteiger partial charge is 0.0571 e. The van der Waals surface area contributed by atoms with Gasteiger partial charge in [0.2, 0.25) is 0 Å². The fraction of sp³-hybridized carbons (Fsp3) is 1.00. The van der Waals surface area contributed by atoms with Gasteiger partial charge in [0, 0.05) is 0 Å². The molecule has 0 aliphatic heterocycles.